The Balaban J connectivity index is 2.56. The van der Waals surface area contributed by atoms with Gasteiger partial charge in [0.25, 0.3) is 5.69 Å². The summed E-state index contributed by atoms with van der Waals surface area (Å²) >= 11 is 7.60. The van der Waals surface area contributed by atoms with Crippen LogP contribution in [0.25, 0.3) is 0 Å². The molecule has 0 amide bonds. The fraction of sp³-hybridized carbons (Fsp3) is 0.0769. The van der Waals surface area contributed by atoms with Crippen LogP contribution in [-0.2, 0) is 6.42 Å². The molecule has 0 aliphatic carbocycles. The van der Waals surface area contributed by atoms with Crippen LogP contribution >= 0.6 is 34.2 Å². The van der Waals surface area contributed by atoms with Crippen molar-refractivity contribution in [2.75, 3.05) is 0 Å². The lowest BCUT2D eigenvalue weighted by Gasteiger charge is -2.09. The summed E-state index contributed by atoms with van der Waals surface area (Å²) in [5.41, 5.74) is -0.586. The van der Waals surface area contributed by atoms with Gasteiger partial charge in [0, 0.05) is 39.3 Å². The summed E-state index contributed by atoms with van der Waals surface area (Å²) in [7, 11) is 0. The van der Waals surface area contributed by atoms with E-state index in [0.29, 0.717) is 3.57 Å². The Hall–Kier alpha value is -2.14. The number of hydrogen-bond acceptors (Lipinski definition) is 6. The molecule has 0 fully saturated rings. The molecule has 0 aliphatic rings. The molecule has 0 radical (unpaired) electrons. The zero-order valence-corrected chi connectivity index (χ0v) is 14.1. The number of rotatable bonds is 4. The van der Waals surface area contributed by atoms with Crippen LogP contribution in [-0.4, -0.2) is 20.1 Å². The van der Waals surface area contributed by atoms with Crippen molar-refractivity contribution < 1.29 is 20.1 Å². The van der Waals surface area contributed by atoms with Crippen molar-refractivity contribution in [2.45, 2.75) is 6.42 Å². The average molecular weight is 451 g/mol. The van der Waals surface area contributed by atoms with Gasteiger partial charge in [-0.2, -0.15) is 0 Å². The number of benzene rings is 2. The molecule has 2 N–H and O–H groups in total. The minimum atomic E-state index is -0.735. The second-order valence-corrected chi connectivity index (χ2v) is 6.21. The van der Waals surface area contributed by atoms with Crippen molar-refractivity contribution >= 4 is 45.6 Å². The van der Waals surface area contributed by atoms with E-state index in [9.17, 15) is 30.4 Å². The highest BCUT2D eigenvalue weighted by molar-refractivity contribution is 14.1. The second kappa shape index (κ2) is 6.54. The van der Waals surface area contributed by atoms with Gasteiger partial charge in [0.05, 0.1) is 14.9 Å². The maximum atomic E-state index is 10.9. The number of nitro benzene ring substituents is 2. The molecular formula is C13H8ClIN2O6. The molecule has 10 heteroatoms. The number of nitro groups is 2. The predicted molar refractivity (Wildman–Crippen MR) is 90.1 cm³/mol. The summed E-state index contributed by atoms with van der Waals surface area (Å²) < 4.78 is 0.498. The first kappa shape index (κ1) is 17.2. The van der Waals surface area contributed by atoms with Crippen LogP contribution < -0.4 is 0 Å². The number of aromatic hydroxyl groups is 2. The first-order valence-electron chi connectivity index (χ1n) is 6.02. The Bertz CT molecular complexity index is 827. The zero-order valence-electron chi connectivity index (χ0n) is 11.2. The third kappa shape index (κ3) is 3.62. The minimum absolute atomic E-state index is 0.0794. The fourth-order valence-corrected chi connectivity index (χ4v) is 2.90. The SMILES string of the molecule is O=[N+]([O-])c1cc(Cl)c(O)c(Cc2cc(I)cc([N+](=O)[O-])c2O)c1. The summed E-state index contributed by atoms with van der Waals surface area (Å²) in [6.07, 6.45) is -0.156. The summed E-state index contributed by atoms with van der Waals surface area (Å²) in [5, 5.41) is 41.5. The van der Waals surface area contributed by atoms with Crippen molar-refractivity contribution in [1.29, 1.82) is 0 Å². The Labute approximate surface area is 147 Å². The van der Waals surface area contributed by atoms with Crippen LogP contribution in [0, 0.1) is 23.8 Å². The van der Waals surface area contributed by atoms with E-state index in [1.54, 1.807) is 0 Å². The van der Waals surface area contributed by atoms with Crippen LogP contribution in [0.1, 0.15) is 11.1 Å². The van der Waals surface area contributed by atoms with Crippen LogP contribution in [0.15, 0.2) is 24.3 Å². The van der Waals surface area contributed by atoms with Crippen molar-refractivity contribution in [3.63, 3.8) is 0 Å². The first-order chi connectivity index (χ1) is 10.7. The van der Waals surface area contributed by atoms with Gasteiger partial charge in [0.15, 0.2) is 5.75 Å². The van der Waals surface area contributed by atoms with Crippen LogP contribution in [0.3, 0.4) is 0 Å². The molecular weight excluding hydrogens is 443 g/mol. The number of hydrogen-bond donors (Lipinski definition) is 2. The molecule has 23 heavy (non-hydrogen) atoms. The van der Waals surface area contributed by atoms with E-state index >= 15 is 0 Å². The summed E-state index contributed by atoms with van der Waals surface area (Å²) in [6.45, 7) is 0. The maximum Gasteiger partial charge on any atom is 0.312 e. The molecule has 0 aliphatic heterocycles. The molecule has 0 unspecified atom stereocenters. The third-order valence-corrected chi connectivity index (χ3v) is 3.96. The topological polar surface area (TPSA) is 127 Å². The lowest BCUT2D eigenvalue weighted by Crippen LogP contribution is -1.97. The van der Waals surface area contributed by atoms with Gasteiger partial charge >= 0.3 is 5.69 Å². The molecule has 2 rings (SSSR count). The maximum absolute atomic E-state index is 10.9. The van der Waals surface area contributed by atoms with Crippen molar-refractivity contribution in [1.82, 2.24) is 0 Å². The molecule has 0 saturated carbocycles. The molecule has 8 nitrogen and oxygen atoms in total. The molecule has 0 aromatic heterocycles. The Morgan fingerprint density at radius 3 is 2.17 bits per heavy atom. The van der Waals surface area contributed by atoms with Crippen LogP contribution in [0.4, 0.5) is 11.4 Å². The summed E-state index contributed by atoms with van der Waals surface area (Å²) in [5.74, 6) is -0.935. The average Bonchev–Trinajstić information content (AvgIpc) is 2.46. The van der Waals surface area contributed by atoms with Gasteiger partial charge in [-0.1, -0.05) is 11.6 Å². The Kier molecular flexibility index (Phi) is 4.90. The van der Waals surface area contributed by atoms with E-state index < -0.39 is 21.3 Å². The van der Waals surface area contributed by atoms with Gasteiger partial charge in [-0.15, -0.1) is 0 Å². The van der Waals surface area contributed by atoms with Crippen LogP contribution in [0.2, 0.25) is 5.02 Å². The molecule has 0 heterocycles. The largest absolute Gasteiger partial charge is 0.506 e. The van der Waals surface area contributed by atoms with Crippen molar-refractivity contribution in [3.8, 4) is 11.5 Å². The fourth-order valence-electron chi connectivity index (χ4n) is 2.00. The van der Waals surface area contributed by atoms with E-state index in [2.05, 4.69) is 0 Å². The predicted octanol–water partition coefficient (Wildman–Crippen LogP) is 3.76. The summed E-state index contributed by atoms with van der Waals surface area (Å²) in [4.78, 5) is 20.4. The molecule has 120 valence electrons. The van der Waals surface area contributed by atoms with E-state index in [4.69, 9.17) is 11.6 Å². The normalized spacial score (nSPS) is 10.5. The number of halogens is 2. The van der Waals surface area contributed by atoms with Gasteiger partial charge in [-0.05, 0) is 28.7 Å². The highest BCUT2D eigenvalue weighted by atomic mass is 127. The molecule has 2 aromatic carbocycles. The monoisotopic (exact) mass is 450 g/mol. The lowest BCUT2D eigenvalue weighted by atomic mass is 10.0. The van der Waals surface area contributed by atoms with E-state index in [1.165, 1.54) is 12.1 Å². The van der Waals surface area contributed by atoms with E-state index in [-0.39, 0.29) is 34.0 Å². The van der Waals surface area contributed by atoms with E-state index in [0.717, 1.165) is 12.1 Å². The number of phenols is 2. The van der Waals surface area contributed by atoms with Gasteiger partial charge in [-0.3, -0.25) is 20.2 Å². The highest BCUT2D eigenvalue weighted by Crippen LogP contribution is 2.38. The van der Waals surface area contributed by atoms with Crippen molar-refractivity contribution in [3.05, 3.63) is 64.2 Å². The Morgan fingerprint density at radius 2 is 1.61 bits per heavy atom. The number of non-ortho nitro benzene ring substituents is 1. The molecule has 0 spiro atoms. The Morgan fingerprint density at radius 1 is 1.00 bits per heavy atom. The highest BCUT2D eigenvalue weighted by Gasteiger charge is 2.21. The quantitative estimate of drug-likeness (QED) is 0.415. The second-order valence-electron chi connectivity index (χ2n) is 4.56. The number of nitrogens with zero attached hydrogens (tertiary/aromatic N) is 2. The third-order valence-electron chi connectivity index (χ3n) is 3.05. The molecule has 0 bridgehead atoms. The molecule has 2 aromatic rings. The minimum Gasteiger partial charge on any atom is -0.506 e. The lowest BCUT2D eigenvalue weighted by molar-refractivity contribution is -0.386. The van der Waals surface area contributed by atoms with E-state index in [1.807, 2.05) is 22.6 Å². The van der Waals surface area contributed by atoms with Crippen LogP contribution in [0.5, 0.6) is 11.5 Å². The zero-order chi connectivity index (χ0) is 17.3. The first-order valence-corrected chi connectivity index (χ1v) is 7.48. The van der Waals surface area contributed by atoms with Gasteiger partial charge < -0.3 is 10.2 Å². The molecule has 0 atom stereocenters. The van der Waals surface area contributed by atoms with Gasteiger partial charge in [-0.25, -0.2) is 0 Å². The van der Waals surface area contributed by atoms with Gasteiger partial charge in [0.2, 0.25) is 0 Å². The summed E-state index contributed by atoms with van der Waals surface area (Å²) in [6, 6.07) is 4.78. The van der Waals surface area contributed by atoms with Crippen molar-refractivity contribution in [2.24, 2.45) is 0 Å². The number of phenolic OH excluding ortho intramolecular Hbond substituents is 2. The van der Waals surface area contributed by atoms with Gasteiger partial charge in [0.1, 0.15) is 5.75 Å². The molecule has 0 saturated heterocycles. The smallest absolute Gasteiger partial charge is 0.312 e. The standard InChI is InChI=1S/C13H8ClIN2O6/c14-10-5-9(16(20)21)3-7(12(10)18)1-6-2-8(15)4-11(13(6)19)17(22)23/h2-5,18-19H,1H2.